The van der Waals surface area contributed by atoms with Crippen LogP contribution in [0.3, 0.4) is 0 Å². The predicted octanol–water partition coefficient (Wildman–Crippen LogP) is 3.00. The van der Waals surface area contributed by atoms with E-state index in [4.69, 9.17) is 0 Å². The number of nitrogens with zero attached hydrogens (tertiary/aromatic N) is 1. The van der Waals surface area contributed by atoms with Crippen LogP contribution in [0.5, 0.6) is 0 Å². The molecular formula is C14H16F2N2. The highest BCUT2D eigenvalue weighted by atomic mass is 19.3. The lowest BCUT2D eigenvalue weighted by Gasteiger charge is -2.17. The molecule has 1 aromatic heterocycles. The van der Waals surface area contributed by atoms with Crippen molar-refractivity contribution >= 4 is 0 Å². The Morgan fingerprint density at radius 3 is 2.56 bits per heavy atom. The van der Waals surface area contributed by atoms with Crippen molar-refractivity contribution in [2.75, 3.05) is 7.05 Å². The van der Waals surface area contributed by atoms with Crippen LogP contribution in [-0.4, -0.2) is 11.6 Å². The molecule has 0 amide bonds. The smallest absolute Gasteiger partial charge is 0.290 e. The minimum Gasteiger partial charge on any atom is -0.348 e. The van der Waals surface area contributed by atoms with Crippen molar-refractivity contribution in [1.29, 1.82) is 0 Å². The van der Waals surface area contributed by atoms with Crippen LogP contribution in [0.15, 0.2) is 48.8 Å². The number of hydrogen-bond donors (Lipinski definition) is 1. The number of hydrogen-bond acceptors (Lipinski definition) is 1. The molecule has 0 atom stereocenters. The first-order valence-corrected chi connectivity index (χ1v) is 5.84. The molecule has 4 heteroatoms. The molecule has 0 aliphatic heterocycles. The Bertz CT molecular complexity index is 492. The molecule has 0 radical (unpaired) electrons. The molecule has 0 spiro atoms. The average molecular weight is 250 g/mol. The van der Waals surface area contributed by atoms with Gasteiger partial charge in [-0.1, -0.05) is 30.3 Å². The highest BCUT2D eigenvalue weighted by molar-refractivity contribution is 5.20. The summed E-state index contributed by atoms with van der Waals surface area (Å²) in [6.45, 7) is 0.352. The fourth-order valence-corrected chi connectivity index (χ4v) is 1.90. The third-order valence-corrected chi connectivity index (χ3v) is 2.77. The number of rotatable bonds is 5. The lowest BCUT2D eigenvalue weighted by Crippen LogP contribution is -2.20. The molecule has 1 N–H and O–H groups in total. The van der Waals surface area contributed by atoms with Crippen molar-refractivity contribution in [1.82, 2.24) is 9.88 Å². The topological polar surface area (TPSA) is 17.0 Å². The number of alkyl halides is 2. The van der Waals surface area contributed by atoms with E-state index in [1.807, 2.05) is 13.1 Å². The zero-order valence-corrected chi connectivity index (χ0v) is 10.2. The SMILES string of the molecule is CNCc1ccn(CC(F)(F)c2ccccc2)c1. The first-order valence-electron chi connectivity index (χ1n) is 5.84. The molecule has 0 saturated carbocycles. The van der Waals surface area contributed by atoms with Crippen molar-refractivity contribution < 1.29 is 8.78 Å². The maximum atomic E-state index is 14.0. The molecular weight excluding hydrogens is 234 g/mol. The van der Waals surface area contributed by atoms with Crippen LogP contribution in [0, 0.1) is 0 Å². The average Bonchev–Trinajstić information content (AvgIpc) is 2.77. The quantitative estimate of drug-likeness (QED) is 0.863. The molecule has 18 heavy (non-hydrogen) atoms. The number of aromatic nitrogens is 1. The largest absolute Gasteiger partial charge is 0.348 e. The lowest BCUT2D eigenvalue weighted by molar-refractivity contribution is -0.0221. The lowest BCUT2D eigenvalue weighted by atomic mass is 10.1. The second-order valence-corrected chi connectivity index (χ2v) is 4.29. The van der Waals surface area contributed by atoms with Crippen molar-refractivity contribution in [2.24, 2.45) is 0 Å². The molecule has 0 aliphatic carbocycles. The molecule has 0 aliphatic rings. The standard InChI is InChI=1S/C14H16F2N2/c1-17-9-12-7-8-18(10-12)11-14(15,16)13-5-3-2-4-6-13/h2-8,10,17H,9,11H2,1H3. The Morgan fingerprint density at radius 1 is 1.17 bits per heavy atom. The van der Waals surface area contributed by atoms with Gasteiger partial charge in [-0.3, -0.25) is 0 Å². The Kier molecular flexibility index (Phi) is 3.77. The molecule has 0 unspecified atom stereocenters. The molecule has 1 heterocycles. The van der Waals surface area contributed by atoms with Crippen molar-refractivity contribution in [3.8, 4) is 0 Å². The fourth-order valence-electron chi connectivity index (χ4n) is 1.90. The van der Waals surface area contributed by atoms with E-state index in [0.29, 0.717) is 6.54 Å². The monoisotopic (exact) mass is 250 g/mol. The van der Waals surface area contributed by atoms with E-state index >= 15 is 0 Å². The third kappa shape index (κ3) is 2.96. The third-order valence-electron chi connectivity index (χ3n) is 2.77. The van der Waals surface area contributed by atoms with Crippen LogP contribution >= 0.6 is 0 Å². The van der Waals surface area contributed by atoms with Gasteiger partial charge in [0.1, 0.15) is 0 Å². The van der Waals surface area contributed by atoms with Crippen LogP contribution in [0.2, 0.25) is 0 Å². The summed E-state index contributed by atoms with van der Waals surface area (Å²) in [7, 11) is 1.83. The number of halogens is 2. The van der Waals surface area contributed by atoms with E-state index < -0.39 is 5.92 Å². The minimum absolute atomic E-state index is 0.0499. The van der Waals surface area contributed by atoms with Gasteiger partial charge in [0.05, 0.1) is 6.54 Å². The van der Waals surface area contributed by atoms with Gasteiger partial charge in [0.25, 0.3) is 5.92 Å². The first-order chi connectivity index (χ1) is 8.62. The van der Waals surface area contributed by atoms with Crippen molar-refractivity contribution in [3.05, 3.63) is 59.9 Å². The molecule has 96 valence electrons. The van der Waals surface area contributed by atoms with Gasteiger partial charge in [-0.25, -0.2) is 0 Å². The summed E-state index contributed by atoms with van der Waals surface area (Å²) in [5.74, 6) is -2.85. The summed E-state index contributed by atoms with van der Waals surface area (Å²) in [5.41, 5.74) is 1.05. The Balaban J connectivity index is 2.12. The van der Waals surface area contributed by atoms with Crippen LogP contribution in [-0.2, 0) is 19.0 Å². The van der Waals surface area contributed by atoms with Crippen LogP contribution in [0.1, 0.15) is 11.1 Å². The fraction of sp³-hybridized carbons (Fsp3) is 0.286. The Labute approximate surface area is 105 Å². The molecule has 0 saturated heterocycles. The van der Waals surface area contributed by atoms with Crippen LogP contribution in [0.4, 0.5) is 8.78 Å². The van der Waals surface area contributed by atoms with Gasteiger partial charge in [-0.05, 0) is 18.7 Å². The van der Waals surface area contributed by atoms with Gasteiger partial charge in [0.15, 0.2) is 0 Å². The molecule has 2 rings (SSSR count). The summed E-state index contributed by atoms with van der Waals surface area (Å²) in [4.78, 5) is 0. The number of nitrogens with one attached hydrogen (secondary N) is 1. The maximum absolute atomic E-state index is 14.0. The number of benzene rings is 1. The second-order valence-electron chi connectivity index (χ2n) is 4.29. The van der Waals surface area contributed by atoms with Gasteiger partial charge in [-0.15, -0.1) is 0 Å². The maximum Gasteiger partial charge on any atom is 0.290 e. The minimum atomic E-state index is -2.85. The summed E-state index contributed by atoms with van der Waals surface area (Å²) in [6, 6.07) is 9.75. The van der Waals surface area contributed by atoms with E-state index in [0.717, 1.165) is 5.56 Å². The molecule has 2 nitrogen and oxygen atoms in total. The van der Waals surface area contributed by atoms with E-state index in [9.17, 15) is 8.78 Å². The first kappa shape index (κ1) is 12.8. The Morgan fingerprint density at radius 2 is 1.89 bits per heavy atom. The predicted molar refractivity (Wildman–Crippen MR) is 67.5 cm³/mol. The molecule has 0 bridgehead atoms. The molecule has 1 aromatic carbocycles. The second kappa shape index (κ2) is 5.31. The van der Waals surface area contributed by atoms with Gasteiger partial charge in [-0.2, -0.15) is 8.78 Å². The summed E-state index contributed by atoms with van der Waals surface area (Å²) in [6.07, 6.45) is 3.43. The summed E-state index contributed by atoms with van der Waals surface area (Å²) in [5, 5.41) is 2.99. The van der Waals surface area contributed by atoms with Crippen molar-refractivity contribution in [2.45, 2.75) is 19.0 Å². The van der Waals surface area contributed by atoms with Crippen molar-refractivity contribution in [3.63, 3.8) is 0 Å². The van der Waals surface area contributed by atoms with E-state index in [1.54, 1.807) is 30.6 Å². The van der Waals surface area contributed by atoms with Crippen LogP contribution < -0.4 is 5.32 Å². The molecule has 2 aromatic rings. The van der Waals surface area contributed by atoms with E-state index in [1.165, 1.54) is 16.7 Å². The normalized spacial score (nSPS) is 11.7. The van der Waals surface area contributed by atoms with Gasteiger partial charge < -0.3 is 9.88 Å². The van der Waals surface area contributed by atoms with E-state index in [-0.39, 0.29) is 12.1 Å². The van der Waals surface area contributed by atoms with Gasteiger partial charge in [0.2, 0.25) is 0 Å². The zero-order chi connectivity index (χ0) is 13.0. The highest BCUT2D eigenvalue weighted by Gasteiger charge is 2.31. The van der Waals surface area contributed by atoms with E-state index in [2.05, 4.69) is 5.32 Å². The highest BCUT2D eigenvalue weighted by Crippen LogP contribution is 2.29. The van der Waals surface area contributed by atoms with Crippen LogP contribution in [0.25, 0.3) is 0 Å². The molecule has 0 fully saturated rings. The van der Waals surface area contributed by atoms with Gasteiger partial charge >= 0.3 is 0 Å². The summed E-state index contributed by atoms with van der Waals surface area (Å²) >= 11 is 0. The summed E-state index contributed by atoms with van der Waals surface area (Å²) < 4.78 is 29.5. The zero-order valence-electron chi connectivity index (χ0n) is 10.2. The van der Waals surface area contributed by atoms with Gasteiger partial charge in [0, 0.05) is 24.5 Å². The Hall–Kier alpha value is -1.68.